The molecule has 24 heavy (non-hydrogen) atoms. The van der Waals surface area contributed by atoms with Crippen molar-refractivity contribution in [3.8, 4) is 0 Å². The molecule has 0 aromatic carbocycles. The third kappa shape index (κ3) is 2.04. The number of fused-ring (bicyclic) bond motifs is 2. The van der Waals surface area contributed by atoms with Gasteiger partial charge in [0, 0.05) is 25.1 Å². The van der Waals surface area contributed by atoms with Crippen molar-refractivity contribution in [2.24, 2.45) is 0 Å². The molecule has 0 saturated heterocycles. The number of hydrogen-bond donors (Lipinski definition) is 0. The molecule has 4 heterocycles. The summed E-state index contributed by atoms with van der Waals surface area (Å²) in [6, 6.07) is 3.64. The lowest BCUT2D eigenvalue weighted by Gasteiger charge is -2.24. The SMILES string of the molecule is O=C(c1cnc2cccnn12)N1CCc2oc(C3CCC3)nc2C1. The average Bonchev–Trinajstić information content (AvgIpc) is 3.15. The minimum Gasteiger partial charge on any atom is -0.445 e. The first-order chi connectivity index (χ1) is 11.8. The predicted octanol–water partition coefficient (Wildman–Crippen LogP) is 2.18. The van der Waals surface area contributed by atoms with E-state index in [4.69, 9.17) is 4.42 Å². The second-order valence-corrected chi connectivity index (χ2v) is 6.46. The molecule has 0 spiro atoms. The van der Waals surface area contributed by atoms with E-state index in [0.717, 1.165) is 30.2 Å². The Morgan fingerprint density at radius 2 is 2.25 bits per heavy atom. The smallest absolute Gasteiger partial charge is 0.274 e. The summed E-state index contributed by atoms with van der Waals surface area (Å²) in [6.07, 6.45) is 7.53. The van der Waals surface area contributed by atoms with Gasteiger partial charge in [0.25, 0.3) is 5.91 Å². The van der Waals surface area contributed by atoms with Crippen molar-refractivity contribution in [1.29, 1.82) is 0 Å². The highest BCUT2D eigenvalue weighted by molar-refractivity contribution is 5.93. The Hall–Kier alpha value is -2.70. The number of oxazole rings is 1. The zero-order valence-electron chi connectivity index (χ0n) is 13.2. The third-order valence-corrected chi connectivity index (χ3v) is 4.98. The predicted molar refractivity (Wildman–Crippen MR) is 84.5 cm³/mol. The van der Waals surface area contributed by atoms with Gasteiger partial charge in [0.1, 0.15) is 11.5 Å². The summed E-state index contributed by atoms with van der Waals surface area (Å²) in [5.41, 5.74) is 2.06. The van der Waals surface area contributed by atoms with Crippen LogP contribution in [-0.2, 0) is 13.0 Å². The summed E-state index contributed by atoms with van der Waals surface area (Å²) in [6.45, 7) is 1.12. The van der Waals surface area contributed by atoms with Gasteiger partial charge in [0.15, 0.2) is 17.2 Å². The molecule has 2 aliphatic rings. The van der Waals surface area contributed by atoms with Gasteiger partial charge >= 0.3 is 0 Å². The number of imidazole rings is 1. The van der Waals surface area contributed by atoms with E-state index < -0.39 is 0 Å². The van der Waals surface area contributed by atoms with Crippen LogP contribution in [0.2, 0.25) is 0 Å². The van der Waals surface area contributed by atoms with Crippen molar-refractivity contribution in [3.63, 3.8) is 0 Å². The van der Waals surface area contributed by atoms with E-state index in [1.807, 2.05) is 6.07 Å². The fraction of sp³-hybridized carbons (Fsp3) is 0.412. The minimum atomic E-state index is -0.0694. The Bertz CT molecular complexity index is 924. The number of hydrogen-bond acceptors (Lipinski definition) is 5. The summed E-state index contributed by atoms with van der Waals surface area (Å²) >= 11 is 0. The van der Waals surface area contributed by atoms with E-state index in [-0.39, 0.29) is 5.91 Å². The second-order valence-electron chi connectivity index (χ2n) is 6.46. The molecule has 0 bridgehead atoms. The molecule has 0 N–H and O–H groups in total. The minimum absolute atomic E-state index is 0.0694. The Morgan fingerprint density at radius 1 is 1.33 bits per heavy atom. The molecule has 0 atom stereocenters. The Kier molecular flexibility index (Phi) is 2.95. The third-order valence-electron chi connectivity index (χ3n) is 4.98. The van der Waals surface area contributed by atoms with E-state index in [2.05, 4.69) is 15.1 Å². The fourth-order valence-corrected chi connectivity index (χ4v) is 3.36. The fourth-order valence-electron chi connectivity index (χ4n) is 3.36. The number of nitrogens with zero attached hydrogens (tertiary/aromatic N) is 5. The molecule has 1 saturated carbocycles. The molecular weight excluding hydrogens is 306 g/mol. The van der Waals surface area contributed by atoms with Crippen molar-refractivity contribution >= 4 is 11.6 Å². The molecular formula is C17H17N5O2. The van der Waals surface area contributed by atoms with Crippen molar-refractivity contribution in [1.82, 2.24) is 24.5 Å². The number of amides is 1. The van der Waals surface area contributed by atoms with Crippen molar-refractivity contribution in [2.75, 3.05) is 6.54 Å². The normalized spacial score (nSPS) is 17.8. The topological polar surface area (TPSA) is 76.5 Å². The molecule has 1 fully saturated rings. The standard InChI is InChI=1S/C17H17N5O2/c23-17(13-9-18-15-5-2-7-19-22(13)15)21-8-6-14-12(10-21)20-16(24-14)11-3-1-4-11/h2,5,7,9,11H,1,3-4,6,8,10H2. The summed E-state index contributed by atoms with van der Waals surface area (Å²) in [4.78, 5) is 23.6. The number of carbonyl (C=O) groups excluding carboxylic acids is 1. The summed E-state index contributed by atoms with van der Waals surface area (Å²) in [5.74, 6) is 2.21. The van der Waals surface area contributed by atoms with Crippen LogP contribution in [-0.4, -0.2) is 36.9 Å². The highest BCUT2D eigenvalue weighted by Crippen LogP contribution is 2.37. The molecule has 7 nitrogen and oxygen atoms in total. The highest BCUT2D eigenvalue weighted by Gasteiger charge is 2.31. The molecule has 5 rings (SSSR count). The monoisotopic (exact) mass is 323 g/mol. The van der Waals surface area contributed by atoms with Crippen LogP contribution >= 0.6 is 0 Å². The lowest BCUT2D eigenvalue weighted by molar-refractivity contribution is 0.0719. The van der Waals surface area contributed by atoms with E-state index in [1.165, 1.54) is 6.42 Å². The van der Waals surface area contributed by atoms with Gasteiger partial charge in [-0.2, -0.15) is 5.10 Å². The van der Waals surface area contributed by atoms with E-state index in [9.17, 15) is 4.79 Å². The largest absolute Gasteiger partial charge is 0.445 e. The van der Waals surface area contributed by atoms with Crippen LogP contribution in [0.25, 0.3) is 5.65 Å². The van der Waals surface area contributed by atoms with E-state index >= 15 is 0 Å². The second kappa shape index (κ2) is 5.15. The van der Waals surface area contributed by atoms with Gasteiger partial charge in [0.2, 0.25) is 0 Å². The van der Waals surface area contributed by atoms with Gasteiger partial charge in [-0.15, -0.1) is 0 Å². The molecule has 0 unspecified atom stereocenters. The molecule has 7 heteroatoms. The van der Waals surface area contributed by atoms with Gasteiger partial charge in [-0.05, 0) is 25.0 Å². The maximum absolute atomic E-state index is 12.9. The van der Waals surface area contributed by atoms with E-state index in [1.54, 1.807) is 27.9 Å². The Labute approximate surface area is 138 Å². The summed E-state index contributed by atoms with van der Waals surface area (Å²) in [5, 5.41) is 4.22. The van der Waals surface area contributed by atoms with Crippen molar-refractivity contribution < 1.29 is 9.21 Å². The maximum Gasteiger partial charge on any atom is 0.274 e. The molecule has 3 aromatic rings. The van der Waals surface area contributed by atoms with Crippen LogP contribution in [0.5, 0.6) is 0 Å². The van der Waals surface area contributed by atoms with E-state index in [0.29, 0.717) is 36.8 Å². The first kappa shape index (κ1) is 13.7. The lowest BCUT2D eigenvalue weighted by Crippen LogP contribution is -2.36. The zero-order chi connectivity index (χ0) is 16.1. The quantitative estimate of drug-likeness (QED) is 0.722. The van der Waals surface area contributed by atoms with Gasteiger partial charge < -0.3 is 9.32 Å². The van der Waals surface area contributed by atoms with Gasteiger partial charge in [-0.25, -0.2) is 14.5 Å². The Balaban J connectivity index is 1.42. The molecule has 0 radical (unpaired) electrons. The number of rotatable bonds is 2. The highest BCUT2D eigenvalue weighted by atomic mass is 16.4. The first-order valence-corrected chi connectivity index (χ1v) is 8.36. The van der Waals surface area contributed by atoms with Crippen LogP contribution in [0, 0.1) is 0 Å². The van der Waals surface area contributed by atoms with Crippen LogP contribution in [0.15, 0.2) is 28.9 Å². The number of carbonyl (C=O) groups is 1. The van der Waals surface area contributed by atoms with Crippen LogP contribution < -0.4 is 0 Å². The molecule has 122 valence electrons. The van der Waals surface area contributed by atoms with Gasteiger partial charge in [-0.1, -0.05) is 6.42 Å². The number of aromatic nitrogens is 4. The average molecular weight is 323 g/mol. The van der Waals surface area contributed by atoms with Gasteiger partial charge in [-0.3, -0.25) is 4.79 Å². The van der Waals surface area contributed by atoms with Crippen LogP contribution in [0.4, 0.5) is 0 Å². The maximum atomic E-state index is 12.9. The van der Waals surface area contributed by atoms with Crippen LogP contribution in [0.3, 0.4) is 0 Å². The van der Waals surface area contributed by atoms with Gasteiger partial charge in [0.05, 0.1) is 12.7 Å². The van der Waals surface area contributed by atoms with Crippen LogP contribution in [0.1, 0.15) is 53.0 Å². The molecule has 1 amide bonds. The summed E-state index contributed by atoms with van der Waals surface area (Å²) < 4.78 is 7.50. The van der Waals surface area contributed by atoms with Crippen molar-refractivity contribution in [3.05, 3.63) is 47.6 Å². The van der Waals surface area contributed by atoms with Crippen molar-refractivity contribution in [2.45, 2.75) is 38.1 Å². The molecule has 3 aromatic heterocycles. The first-order valence-electron chi connectivity index (χ1n) is 8.36. The Morgan fingerprint density at radius 3 is 3.08 bits per heavy atom. The zero-order valence-corrected chi connectivity index (χ0v) is 13.2. The summed E-state index contributed by atoms with van der Waals surface area (Å²) in [7, 11) is 0. The molecule has 1 aliphatic heterocycles. The lowest BCUT2D eigenvalue weighted by atomic mass is 9.85. The molecule has 1 aliphatic carbocycles.